The molecule has 0 spiro atoms. The van der Waals surface area contributed by atoms with Crippen LogP contribution in [0.4, 0.5) is 0 Å². The number of fused-ring (bicyclic) bond motifs is 14. The van der Waals surface area contributed by atoms with Crippen LogP contribution in [0.5, 0.6) is 0 Å². The van der Waals surface area contributed by atoms with E-state index in [1.54, 1.807) is 0 Å². The Hall–Kier alpha value is -7.56. The Morgan fingerprint density at radius 2 is 0.946 bits per heavy atom. The molecule has 0 unspecified atom stereocenters. The first kappa shape index (κ1) is 29.8. The van der Waals surface area contributed by atoms with Gasteiger partial charge in [-0.3, -0.25) is 4.57 Å². The molecule has 0 bridgehead atoms. The monoisotopic (exact) mass is 710 g/mol. The number of rotatable bonds is 3. The molecule has 0 saturated heterocycles. The van der Waals surface area contributed by atoms with E-state index in [1.165, 1.54) is 76.2 Å². The lowest BCUT2D eigenvalue weighted by molar-refractivity contribution is 1.01. The minimum Gasteiger partial charge on any atom is -0.307 e. The zero-order chi connectivity index (χ0) is 36.5. The Labute approximate surface area is 320 Å². The van der Waals surface area contributed by atoms with Crippen LogP contribution in [-0.4, -0.2) is 18.9 Å². The number of hydrogen-bond acceptors (Lipinski definition) is 2. The lowest BCUT2D eigenvalue weighted by Crippen LogP contribution is -2.03. The van der Waals surface area contributed by atoms with Crippen molar-refractivity contribution in [2.24, 2.45) is 0 Å². The highest BCUT2D eigenvalue weighted by molar-refractivity contribution is 6.33. The van der Waals surface area contributed by atoms with Gasteiger partial charge in [-0.25, -0.2) is 9.97 Å². The number of para-hydroxylation sites is 4. The molecule has 13 aromatic rings. The van der Waals surface area contributed by atoms with Crippen molar-refractivity contribution in [2.45, 2.75) is 0 Å². The van der Waals surface area contributed by atoms with E-state index < -0.39 is 0 Å². The molecule has 4 heterocycles. The van der Waals surface area contributed by atoms with E-state index in [4.69, 9.17) is 9.97 Å². The molecular weight excluding hydrogens is 681 g/mol. The lowest BCUT2D eigenvalue weighted by Gasteiger charge is -2.15. The Balaban J connectivity index is 1.15. The van der Waals surface area contributed by atoms with E-state index >= 15 is 0 Å². The van der Waals surface area contributed by atoms with Crippen molar-refractivity contribution in [3.05, 3.63) is 182 Å². The topological polar surface area (TPSA) is 35.1 Å². The summed E-state index contributed by atoms with van der Waals surface area (Å²) in [5.41, 5.74) is 11.2. The van der Waals surface area contributed by atoms with Crippen LogP contribution >= 0.6 is 0 Å². The fourth-order valence-corrected chi connectivity index (χ4v) is 9.74. The van der Waals surface area contributed by atoms with Gasteiger partial charge in [-0.2, -0.15) is 0 Å². The fraction of sp³-hybridized carbons (Fsp3) is 0. The summed E-state index contributed by atoms with van der Waals surface area (Å²) in [6, 6.07) is 65.7. The first-order valence-electron chi connectivity index (χ1n) is 19.2. The summed E-state index contributed by atoms with van der Waals surface area (Å²) in [5, 5.41) is 13.4. The number of hydrogen-bond donors (Lipinski definition) is 0. The van der Waals surface area contributed by atoms with Gasteiger partial charge in [0.15, 0.2) is 0 Å². The highest BCUT2D eigenvalue weighted by Gasteiger charge is 2.24. The fourth-order valence-electron chi connectivity index (χ4n) is 9.74. The molecule has 4 nitrogen and oxygen atoms in total. The standard InChI is InChI=1S/C52H30N4/c1-2-13-31(14-3-1)33-28-29-37(35-16-5-4-15-34(33)35)49-41-18-6-9-22-43(41)53-52(54-49)55-45-24-11-8-19-42(45)48-46(55)30-26-32-25-27-40-39-21-12-20-38-36-17-7-10-23-44(36)56(50(38)39)51(40)47(32)48/h1-30H. The Morgan fingerprint density at radius 1 is 0.339 bits per heavy atom. The maximum atomic E-state index is 5.56. The molecule has 0 saturated carbocycles. The Bertz CT molecular complexity index is 3760. The smallest absolute Gasteiger partial charge is 0.235 e. The highest BCUT2D eigenvalue weighted by Crippen LogP contribution is 2.46. The summed E-state index contributed by atoms with van der Waals surface area (Å²) in [4.78, 5) is 10.9. The summed E-state index contributed by atoms with van der Waals surface area (Å²) < 4.78 is 4.80. The van der Waals surface area contributed by atoms with Gasteiger partial charge in [-0.15, -0.1) is 0 Å². The van der Waals surface area contributed by atoms with E-state index in [-0.39, 0.29) is 0 Å². The van der Waals surface area contributed by atoms with Gasteiger partial charge in [0.05, 0.1) is 38.8 Å². The van der Waals surface area contributed by atoms with Crippen molar-refractivity contribution in [1.82, 2.24) is 18.9 Å². The zero-order valence-electron chi connectivity index (χ0n) is 30.1. The third-order valence-electron chi connectivity index (χ3n) is 12.1. The molecule has 0 fully saturated rings. The first-order valence-corrected chi connectivity index (χ1v) is 19.2. The van der Waals surface area contributed by atoms with Crippen LogP contribution in [0, 0.1) is 0 Å². The van der Waals surface area contributed by atoms with Gasteiger partial charge in [0, 0.05) is 48.7 Å². The molecule has 0 aliphatic heterocycles. The molecule has 4 heteroatoms. The molecule has 56 heavy (non-hydrogen) atoms. The van der Waals surface area contributed by atoms with Crippen LogP contribution in [0.25, 0.3) is 121 Å². The van der Waals surface area contributed by atoms with Crippen LogP contribution in [0.1, 0.15) is 0 Å². The molecule has 0 atom stereocenters. The molecule has 0 aliphatic carbocycles. The summed E-state index contributed by atoms with van der Waals surface area (Å²) in [6.45, 7) is 0. The predicted molar refractivity (Wildman–Crippen MR) is 234 cm³/mol. The largest absolute Gasteiger partial charge is 0.307 e. The van der Waals surface area contributed by atoms with Crippen molar-refractivity contribution in [3.8, 4) is 28.3 Å². The molecule has 13 rings (SSSR count). The number of nitrogens with zero attached hydrogens (tertiary/aromatic N) is 4. The predicted octanol–water partition coefficient (Wildman–Crippen LogP) is 13.5. The highest BCUT2D eigenvalue weighted by atomic mass is 15.2. The van der Waals surface area contributed by atoms with Crippen LogP contribution in [0.3, 0.4) is 0 Å². The van der Waals surface area contributed by atoms with Crippen LogP contribution in [0.15, 0.2) is 182 Å². The molecule has 0 radical (unpaired) electrons. The molecule has 0 aliphatic rings. The summed E-state index contributed by atoms with van der Waals surface area (Å²) in [7, 11) is 0. The van der Waals surface area contributed by atoms with E-state index in [2.05, 4.69) is 191 Å². The second-order valence-electron chi connectivity index (χ2n) is 14.9. The van der Waals surface area contributed by atoms with Crippen molar-refractivity contribution in [3.63, 3.8) is 0 Å². The summed E-state index contributed by atoms with van der Waals surface area (Å²) >= 11 is 0. The quantitative estimate of drug-likeness (QED) is 0.183. The third-order valence-corrected chi connectivity index (χ3v) is 12.1. The van der Waals surface area contributed by atoms with Gasteiger partial charge in [0.2, 0.25) is 5.95 Å². The van der Waals surface area contributed by atoms with Crippen LogP contribution < -0.4 is 0 Å². The summed E-state index contributed by atoms with van der Waals surface area (Å²) in [5.74, 6) is 0.658. The second-order valence-corrected chi connectivity index (χ2v) is 14.9. The van der Waals surface area contributed by atoms with Crippen LogP contribution in [0.2, 0.25) is 0 Å². The van der Waals surface area contributed by atoms with Gasteiger partial charge >= 0.3 is 0 Å². The third kappa shape index (κ3) is 3.87. The SMILES string of the molecule is c1ccc(-c2ccc(-c3nc(-n4c5ccccc5c5c6c(ccc7c8cccc9c%10ccccc%10n(c98)c76)ccc54)nc4ccccc34)c3ccccc23)cc1. The summed E-state index contributed by atoms with van der Waals surface area (Å²) in [6.07, 6.45) is 0. The van der Waals surface area contributed by atoms with E-state index in [9.17, 15) is 0 Å². The average Bonchev–Trinajstić information content (AvgIpc) is 3.91. The average molecular weight is 711 g/mol. The van der Waals surface area contributed by atoms with Crippen LogP contribution in [-0.2, 0) is 0 Å². The number of aromatic nitrogens is 4. The zero-order valence-corrected chi connectivity index (χ0v) is 30.1. The maximum Gasteiger partial charge on any atom is 0.235 e. The molecule has 9 aromatic carbocycles. The van der Waals surface area contributed by atoms with Crippen molar-refractivity contribution < 1.29 is 0 Å². The Morgan fingerprint density at radius 3 is 1.79 bits per heavy atom. The second kappa shape index (κ2) is 11.0. The molecule has 4 aromatic heterocycles. The van der Waals surface area contributed by atoms with Gasteiger partial charge in [0.1, 0.15) is 0 Å². The van der Waals surface area contributed by atoms with Gasteiger partial charge in [-0.1, -0.05) is 158 Å². The maximum absolute atomic E-state index is 5.56. The first-order chi connectivity index (χ1) is 27.8. The molecular formula is C52H30N4. The lowest BCUT2D eigenvalue weighted by atomic mass is 9.93. The Kier molecular flexibility index (Phi) is 5.86. The van der Waals surface area contributed by atoms with Crippen molar-refractivity contribution >= 4 is 92.3 Å². The van der Waals surface area contributed by atoms with E-state index in [0.717, 1.165) is 38.6 Å². The van der Waals surface area contributed by atoms with Gasteiger partial charge in [0.25, 0.3) is 0 Å². The molecule has 0 N–H and O–H groups in total. The van der Waals surface area contributed by atoms with E-state index in [1.807, 2.05) is 0 Å². The minimum absolute atomic E-state index is 0.658. The van der Waals surface area contributed by atoms with Crippen molar-refractivity contribution in [2.75, 3.05) is 0 Å². The molecule has 258 valence electrons. The van der Waals surface area contributed by atoms with Gasteiger partial charge < -0.3 is 4.40 Å². The van der Waals surface area contributed by atoms with E-state index in [0.29, 0.717) is 5.95 Å². The molecule has 0 amide bonds. The minimum atomic E-state index is 0.658. The van der Waals surface area contributed by atoms with Crippen molar-refractivity contribution in [1.29, 1.82) is 0 Å². The normalized spacial score (nSPS) is 12.3. The number of benzene rings is 9. The van der Waals surface area contributed by atoms with Gasteiger partial charge in [-0.05, 0) is 51.6 Å².